The first-order valence-corrected chi connectivity index (χ1v) is 7.48. The lowest BCUT2D eigenvalue weighted by Crippen LogP contribution is -2.56. The van der Waals surface area contributed by atoms with Crippen LogP contribution in [0.4, 0.5) is 8.78 Å². The second-order valence-corrected chi connectivity index (χ2v) is 5.91. The van der Waals surface area contributed by atoms with Crippen LogP contribution in [0.25, 0.3) is 0 Å². The Bertz CT molecular complexity index is 473. The van der Waals surface area contributed by atoms with Gasteiger partial charge < -0.3 is 10.1 Å². The summed E-state index contributed by atoms with van der Waals surface area (Å²) in [6, 6.07) is 3.61. The molecule has 5 heteroatoms. The lowest BCUT2D eigenvalue weighted by Gasteiger charge is -2.46. The van der Waals surface area contributed by atoms with E-state index in [0.717, 1.165) is 25.7 Å². The number of likely N-dealkylation sites (N-methyl/N-ethyl adjacent to an activating group) is 1. The first-order valence-electron chi connectivity index (χ1n) is 7.48. The quantitative estimate of drug-likeness (QED) is 0.904. The molecule has 1 saturated heterocycles. The van der Waals surface area contributed by atoms with E-state index in [1.54, 1.807) is 6.07 Å². The van der Waals surface area contributed by atoms with E-state index in [9.17, 15) is 8.78 Å². The second kappa shape index (κ2) is 6.81. The van der Waals surface area contributed by atoms with Crippen molar-refractivity contribution in [1.29, 1.82) is 0 Å². The summed E-state index contributed by atoms with van der Waals surface area (Å²) >= 11 is 0. The van der Waals surface area contributed by atoms with Crippen LogP contribution in [0.2, 0.25) is 0 Å². The van der Waals surface area contributed by atoms with Crippen LogP contribution in [0, 0.1) is 11.6 Å². The number of hydrogen-bond acceptors (Lipinski definition) is 3. The minimum Gasteiger partial charge on any atom is -0.379 e. The van der Waals surface area contributed by atoms with Gasteiger partial charge in [-0.3, -0.25) is 4.90 Å². The Hall–Kier alpha value is -1.04. The van der Waals surface area contributed by atoms with Gasteiger partial charge in [0, 0.05) is 30.3 Å². The summed E-state index contributed by atoms with van der Waals surface area (Å²) < 4.78 is 32.8. The smallest absolute Gasteiger partial charge is 0.130 e. The zero-order valence-corrected chi connectivity index (χ0v) is 13.0. The molecule has 0 bridgehead atoms. The highest BCUT2D eigenvalue weighted by Crippen LogP contribution is 2.33. The third-order valence-electron chi connectivity index (χ3n) is 4.21. The molecule has 0 aliphatic carbocycles. The van der Waals surface area contributed by atoms with Gasteiger partial charge >= 0.3 is 0 Å². The van der Waals surface area contributed by atoms with E-state index in [2.05, 4.69) is 24.1 Å². The molecule has 0 radical (unpaired) electrons. The molecular weight excluding hydrogens is 274 g/mol. The highest BCUT2D eigenvalue weighted by atomic mass is 19.1. The van der Waals surface area contributed by atoms with E-state index in [-0.39, 0.29) is 11.6 Å². The summed E-state index contributed by atoms with van der Waals surface area (Å²) in [5.74, 6) is -1.04. The molecule has 1 atom stereocenters. The molecule has 1 heterocycles. The molecular formula is C16H24F2N2O. The predicted octanol–water partition coefficient (Wildman–Crippen LogP) is 2.73. The Morgan fingerprint density at radius 2 is 1.95 bits per heavy atom. The summed E-state index contributed by atoms with van der Waals surface area (Å²) in [5, 5.41) is 3.35. The Labute approximate surface area is 125 Å². The van der Waals surface area contributed by atoms with Crippen LogP contribution in [0.5, 0.6) is 0 Å². The van der Waals surface area contributed by atoms with E-state index < -0.39 is 11.6 Å². The van der Waals surface area contributed by atoms with Crippen LogP contribution >= 0.6 is 0 Å². The van der Waals surface area contributed by atoms with Gasteiger partial charge in [-0.05, 0) is 26.5 Å². The maximum atomic E-state index is 14.2. The zero-order valence-electron chi connectivity index (χ0n) is 13.0. The van der Waals surface area contributed by atoms with Crippen LogP contribution in [-0.4, -0.2) is 43.3 Å². The number of hydrogen-bond donors (Lipinski definition) is 1. The van der Waals surface area contributed by atoms with E-state index in [1.807, 2.05) is 6.92 Å². The van der Waals surface area contributed by atoms with Crippen LogP contribution in [0.1, 0.15) is 32.4 Å². The van der Waals surface area contributed by atoms with Crippen molar-refractivity contribution in [3.63, 3.8) is 0 Å². The summed E-state index contributed by atoms with van der Waals surface area (Å²) in [6.45, 7) is 9.90. The highest BCUT2D eigenvalue weighted by molar-refractivity contribution is 5.25. The molecule has 0 spiro atoms. The molecule has 21 heavy (non-hydrogen) atoms. The molecule has 2 rings (SSSR count). The fourth-order valence-electron chi connectivity index (χ4n) is 3.00. The molecule has 1 N–H and O–H groups in total. The lowest BCUT2D eigenvalue weighted by atomic mass is 9.86. The number of morpholine rings is 1. The molecule has 0 aromatic heterocycles. The van der Waals surface area contributed by atoms with E-state index in [1.165, 1.54) is 6.07 Å². The number of nitrogens with one attached hydrogen (secondary N) is 1. The van der Waals surface area contributed by atoms with Gasteiger partial charge in [-0.15, -0.1) is 0 Å². The number of benzene rings is 1. The van der Waals surface area contributed by atoms with Crippen molar-refractivity contribution in [2.45, 2.75) is 32.4 Å². The van der Waals surface area contributed by atoms with Gasteiger partial charge in [0.15, 0.2) is 0 Å². The average Bonchev–Trinajstić information content (AvgIpc) is 2.46. The number of halogens is 2. The lowest BCUT2D eigenvalue weighted by molar-refractivity contribution is -0.0240. The van der Waals surface area contributed by atoms with E-state index in [0.29, 0.717) is 18.8 Å². The highest BCUT2D eigenvalue weighted by Gasteiger charge is 2.37. The number of rotatable bonds is 5. The topological polar surface area (TPSA) is 24.5 Å². The Balaban J connectivity index is 2.32. The third-order valence-corrected chi connectivity index (χ3v) is 4.21. The molecule has 1 unspecified atom stereocenters. The number of nitrogens with zero attached hydrogens (tertiary/aromatic N) is 1. The first-order chi connectivity index (χ1) is 9.96. The van der Waals surface area contributed by atoms with Crippen LogP contribution in [-0.2, 0) is 4.74 Å². The minimum atomic E-state index is -0.546. The maximum absolute atomic E-state index is 14.2. The first kappa shape index (κ1) is 16.3. The van der Waals surface area contributed by atoms with Crippen LogP contribution < -0.4 is 5.32 Å². The normalized spacial score (nSPS) is 18.7. The summed E-state index contributed by atoms with van der Waals surface area (Å²) in [6.07, 6.45) is 0. The largest absolute Gasteiger partial charge is 0.379 e. The molecule has 0 amide bonds. The minimum absolute atomic E-state index is 0.207. The molecule has 3 nitrogen and oxygen atoms in total. The predicted molar refractivity (Wildman–Crippen MR) is 79.2 cm³/mol. The molecule has 1 aliphatic rings. The van der Waals surface area contributed by atoms with Gasteiger partial charge in [0.1, 0.15) is 11.6 Å². The standard InChI is InChI=1S/C16H24F2N2O/c1-4-19-15(13-6-5-12(17)11-14(13)18)16(2,3)20-7-9-21-10-8-20/h5-6,11,15,19H,4,7-10H2,1-3H3. The van der Waals surface area contributed by atoms with Crippen molar-refractivity contribution in [1.82, 2.24) is 10.2 Å². The van der Waals surface area contributed by atoms with Gasteiger partial charge in [-0.25, -0.2) is 8.78 Å². The Morgan fingerprint density at radius 1 is 1.29 bits per heavy atom. The summed E-state index contributed by atoms with van der Waals surface area (Å²) in [4.78, 5) is 2.30. The monoisotopic (exact) mass is 298 g/mol. The van der Waals surface area contributed by atoms with Crippen molar-refractivity contribution in [2.75, 3.05) is 32.8 Å². The summed E-state index contributed by atoms with van der Waals surface area (Å²) in [7, 11) is 0. The molecule has 0 saturated carbocycles. The molecule has 1 aromatic rings. The van der Waals surface area contributed by atoms with Gasteiger partial charge in [0.25, 0.3) is 0 Å². The Kier molecular flexibility index (Phi) is 5.30. The third kappa shape index (κ3) is 3.59. The Morgan fingerprint density at radius 3 is 2.52 bits per heavy atom. The second-order valence-electron chi connectivity index (χ2n) is 5.91. The SMILES string of the molecule is CCNC(c1ccc(F)cc1F)C(C)(C)N1CCOCC1. The average molecular weight is 298 g/mol. The van der Waals surface area contributed by atoms with Crippen molar-refractivity contribution >= 4 is 0 Å². The molecule has 1 fully saturated rings. The fraction of sp³-hybridized carbons (Fsp3) is 0.625. The fourth-order valence-corrected chi connectivity index (χ4v) is 3.00. The molecule has 1 aromatic carbocycles. The molecule has 1 aliphatic heterocycles. The summed E-state index contributed by atoms with van der Waals surface area (Å²) in [5.41, 5.74) is 0.216. The zero-order chi connectivity index (χ0) is 15.5. The van der Waals surface area contributed by atoms with Gasteiger partial charge in [0.05, 0.1) is 19.3 Å². The van der Waals surface area contributed by atoms with Crippen LogP contribution in [0.3, 0.4) is 0 Å². The number of ether oxygens (including phenoxy) is 1. The molecule has 118 valence electrons. The van der Waals surface area contributed by atoms with Crippen molar-refractivity contribution in [3.8, 4) is 0 Å². The van der Waals surface area contributed by atoms with Crippen molar-refractivity contribution < 1.29 is 13.5 Å². The van der Waals surface area contributed by atoms with E-state index in [4.69, 9.17) is 4.74 Å². The van der Waals surface area contributed by atoms with Crippen LogP contribution in [0.15, 0.2) is 18.2 Å². The van der Waals surface area contributed by atoms with Gasteiger partial charge in [0.2, 0.25) is 0 Å². The van der Waals surface area contributed by atoms with Crippen molar-refractivity contribution in [2.24, 2.45) is 0 Å². The van der Waals surface area contributed by atoms with Gasteiger partial charge in [-0.1, -0.05) is 13.0 Å². The maximum Gasteiger partial charge on any atom is 0.130 e. The van der Waals surface area contributed by atoms with E-state index >= 15 is 0 Å². The van der Waals surface area contributed by atoms with Crippen molar-refractivity contribution in [3.05, 3.63) is 35.4 Å². The van der Waals surface area contributed by atoms with Gasteiger partial charge in [-0.2, -0.15) is 0 Å².